The molecule has 0 saturated heterocycles. The molecular formula is C32H26Cl2N2O. The Hall–Kier alpha value is -3.53. The van der Waals surface area contributed by atoms with Crippen LogP contribution in [0, 0.1) is 5.92 Å². The van der Waals surface area contributed by atoms with E-state index in [0.717, 1.165) is 29.0 Å². The van der Waals surface area contributed by atoms with E-state index >= 15 is 0 Å². The molecule has 1 N–H and O–H groups in total. The number of nitrogens with one attached hydrogen (secondary N) is 1. The summed E-state index contributed by atoms with van der Waals surface area (Å²) in [6.07, 6.45) is 7.59. The zero-order chi connectivity index (χ0) is 25.2. The Morgan fingerprint density at radius 2 is 1.68 bits per heavy atom. The van der Waals surface area contributed by atoms with Crippen LogP contribution < -0.4 is 10.1 Å². The zero-order valence-corrected chi connectivity index (χ0v) is 21.7. The number of ether oxygens (including phenoxy) is 1. The molecular weight excluding hydrogens is 499 g/mol. The molecule has 4 aromatic carbocycles. The van der Waals surface area contributed by atoms with E-state index in [9.17, 15) is 0 Å². The molecule has 3 atom stereocenters. The van der Waals surface area contributed by atoms with Crippen molar-refractivity contribution in [2.75, 3.05) is 5.32 Å². The van der Waals surface area contributed by atoms with E-state index in [1.54, 1.807) is 0 Å². The number of hydrogen-bond acceptors (Lipinski definition) is 3. The van der Waals surface area contributed by atoms with E-state index in [1.165, 1.54) is 16.8 Å². The van der Waals surface area contributed by atoms with E-state index in [0.29, 0.717) is 28.5 Å². The highest BCUT2D eigenvalue weighted by molar-refractivity contribution is 6.31. The molecule has 37 heavy (non-hydrogen) atoms. The van der Waals surface area contributed by atoms with Crippen LogP contribution in [-0.2, 0) is 6.61 Å². The van der Waals surface area contributed by atoms with Crippen LogP contribution in [0.15, 0.2) is 108 Å². The maximum Gasteiger partial charge on any atom is 0.128 e. The van der Waals surface area contributed by atoms with Gasteiger partial charge in [0.15, 0.2) is 0 Å². The third-order valence-electron chi connectivity index (χ3n) is 7.16. The number of halogens is 2. The molecule has 0 spiro atoms. The number of fused-ring (bicyclic) bond motifs is 3. The lowest BCUT2D eigenvalue weighted by Gasteiger charge is -2.37. The molecule has 0 aromatic heterocycles. The largest absolute Gasteiger partial charge is 0.488 e. The third kappa shape index (κ3) is 5.16. The summed E-state index contributed by atoms with van der Waals surface area (Å²) in [4.78, 5) is 4.72. The first-order chi connectivity index (χ1) is 18.1. The summed E-state index contributed by atoms with van der Waals surface area (Å²) in [5.41, 5.74) is 6.66. The topological polar surface area (TPSA) is 33.6 Å². The number of anilines is 1. The van der Waals surface area contributed by atoms with E-state index in [-0.39, 0.29) is 6.04 Å². The van der Waals surface area contributed by atoms with E-state index in [2.05, 4.69) is 66.0 Å². The van der Waals surface area contributed by atoms with Gasteiger partial charge in [-0.1, -0.05) is 77.8 Å². The maximum atomic E-state index is 6.28. The molecule has 0 fully saturated rings. The van der Waals surface area contributed by atoms with Gasteiger partial charge in [0.05, 0.1) is 11.7 Å². The van der Waals surface area contributed by atoms with Gasteiger partial charge in [0.1, 0.15) is 12.4 Å². The van der Waals surface area contributed by atoms with Crippen molar-refractivity contribution in [2.45, 2.75) is 25.0 Å². The Morgan fingerprint density at radius 3 is 2.51 bits per heavy atom. The standard InChI is InChI=1S/C32H26Cl2N2O/c33-24-12-8-21(9-13-24)20-37-31-17-14-25(34)18-23(31)19-35-26-15-10-22(11-16-26)32-29-6-3-5-27(29)28-4-1-2-7-30(28)36-32/h1-5,7-19,27,29,32,36H,6,20H2/t27-,29+,32+/m1/s1. The van der Waals surface area contributed by atoms with Gasteiger partial charge in [-0.15, -0.1) is 0 Å². The summed E-state index contributed by atoms with van der Waals surface area (Å²) in [6.45, 7) is 0.433. The highest BCUT2D eigenvalue weighted by Crippen LogP contribution is 2.49. The van der Waals surface area contributed by atoms with Gasteiger partial charge in [-0.3, -0.25) is 4.99 Å². The van der Waals surface area contributed by atoms with Crippen LogP contribution in [0.5, 0.6) is 5.75 Å². The predicted molar refractivity (Wildman–Crippen MR) is 154 cm³/mol. The van der Waals surface area contributed by atoms with Crippen LogP contribution in [0.2, 0.25) is 10.0 Å². The molecule has 0 bridgehead atoms. The Balaban J connectivity index is 1.18. The highest BCUT2D eigenvalue weighted by atomic mass is 35.5. The molecule has 0 unspecified atom stereocenters. The van der Waals surface area contributed by atoms with Crippen molar-refractivity contribution in [3.05, 3.63) is 135 Å². The molecule has 1 heterocycles. The first-order valence-corrected chi connectivity index (χ1v) is 13.2. The Bertz CT molecular complexity index is 1460. The number of benzene rings is 4. The first kappa shape index (κ1) is 23.8. The molecule has 184 valence electrons. The summed E-state index contributed by atoms with van der Waals surface area (Å²) >= 11 is 12.3. The lowest BCUT2D eigenvalue weighted by atomic mass is 9.77. The minimum absolute atomic E-state index is 0.272. The smallest absolute Gasteiger partial charge is 0.128 e. The fourth-order valence-corrected chi connectivity index (χ4v) is 5.59. The summed E-state index contributed by atoms with van der Waals surface area (Å²) in [6, 6.07) is 30.6. The van der Waals surface area contributed by atoms with Crippen LogP contribution in [0.25, 0.3) is 0 Å². The molecule has 2 aliphatic rings. The van der Waals surface area contributed by atoms with Crippen LogP contribution in [0.1, 0.15) is 40.6 Å². The summed E-state index contributed by atoms with van der Waals surface area (Å²) in [5, 5.41) is 5.13. The van der Waals surface area contributed by atoms with Crippen LogP contribution in [0.3, 0.4) is 0 Å². The Morgan fingerprint density at radius 1 is 0.892 bits per heavy atom. The van der Waals surface area contributed by atoms with Gasteiger partial charge in [0.25, 0.3) is 0 Å². The number of aliphatic imine (C=N–C) groups is 1. The van der Waals surface area contributed by atoms with Gasteiger partial charge >= 0.3 is 0 Å². The van der Waals surface area contributed by atoms with Crippen LogP contribution >= 0.6 is 23.2 Å². The van der Waals surface area contributed by atoms with Crippen molar-refractivity contribution < 1.29 is 4.74 Å². The summed E-state index contributed by atoms with van der Waals surface area (Å²) in [5.74, 6) is 1.72. The second kappa shape index (κ2) is 10.5. The van der Waals surface area contributed by atoms with Gasteiger partial charge in [-0.2, -0.15) is 0 Å². The monoisotopic (exact) mass is 524 g/mol. The second-order valence-electron chi connectivity index (χ2n) is 9.51. The quantitative estimate of drug-likeness (QED) is 0.201. The number of nitrogens with zero attached hydrogens (tertiary/aromatic N) is 1. The lowest BCUT2D eigenvalue weighted by molar-refractivity contribution is 0.306. The summed E-state index contributed by atoms with van der Waals surface area (Å²) < 4.78 is 6.07. The van der Waals surface area contributed by atoms with Crippen molar-refractivity contribution in [1.29, 1.82) is 0 Å². The fourth-order valence-electron chi connectivity index (χ4n) is 5.28. The average molecular weight is 525 g/mol. The van der Waals surface area contributed by atoms with E-state index in [1.807, 2.05) is 48.7 Å². The normalized spacial score (nSPS) is 19.9. The van der Waals surface area contributed by atoms with Gasteiger partial charge < -0.3 is 10.1 Å². The van der Waals surface area contributed by atoms with Crippen molar-refractivity contribution in [3.63, 3.8) is 0 Å². The summed E-state index contributed by atoms with van der Waals surface area (Å²) in [7, 11) is 0. The third-order valence-corrected chi connectivity index (χ3v) is 7.64. The molecule has 1 aliphatic heterocycles. The number of hydrogen-bond donors (Lipinski definition) is 1. The molecule has 1 aliphatic carbocycles. The predicted octanol–water partition coefficient (Wildman–Crippen LogP) is 9.15. The minimum atomic E-state index is 0.272. The molecule has 3 nitrogen and oxygen atoms in total. The van der Waals surface area contributed by atoms with Crippen molar-refractivity contribution in [3.8, 4) is 5.75 Å². The fraction of sp³-hybridized carbons (Fsp3) is 0.156. The Labute approximate surface area is 227 Å². The van der Waals surface area contributed by atoms with Gasteiger partial charge in [-0.25, -0.2) is 0 Å². The molecule has 6 rings (SSSR count). The van der Waals surface area contributed by atoms with Gasteiger partial charge in [-0.05, 0) is 77.6 Å². The van der Waals surface area contributed by atoms with E-state index < -0.39 is 0 Å². The molecule has 4 aromatic rings. The number of para-hydroxylation sites is 1. The molecule has 0 radical (unpaired) electrons. The SMILES string of the molecule is Clc1ccc(COc2ccc(Cl)cc2C=Nc2ccc([C@@H]3Nc4ccccc4[C@H]4C=CC[C@@H]43)cc2)cc1. The second-order valence-corrected chi connectivity index (χ2v) is 10.4. The van der Waals surface area contributed by atoms with Gasteiger partial charge in [0.2, 0.25) is 0 Å². The first-order valence-electron chi connectivity index (χ1n) is 12.5. The number of rotatable bonds is 6. The average Bonchev–Trinajstić information content (AvgIpc) is 3.43. The van der Waals surface area contributed by atoms with E-state index in [4.69, 9.17) is 32.9 Å². The number of allylic oxidation sites excluding steroid dienone is 2. The van der Waals surface area contributed by atoms with Gasteiger partial charge in [0, 0.05) is 33.4 Å². The molecule has 0 amide bonds. The Kier molecular flexibility index (Phi) is 6.73. The van der Waals surface area contributed by atoms with Crippen molar-refractivity contribution in [2.24, 2.45) is 10.9 Å². The van der Waals surface area contributed by atoms with Crippen LogP contribution in [-0.4, -0.2) is 6.21 Å². The minimum Gasteiger partial charge on any atom is -0.488 e. The van der Waals surface area contributed by atoms with Crippen LogP contribution in [0.4, 0.5) is 11.4 Å². The lowest BCUT2D eigenvalue weighted by Crippen LogP contribution is -2.28. The zero-order valence-electron chi connectivity index (χ0n) is 20.1. The maximum absolute atomic E-state index is 6.28. The molecule has 0 saturated carbocycles. The van der Waals surface area contributed by atoms with Crippen molar-refractivity contribution >= 4 is 40.8 Å². The van der Waals surface area contributed by atoms with Crippen molar-refractivity contribution in [1.82, 2.24) is 0 Å². The highest BCUT2D eigenvalue weighted by Gasteiger charge is 2.37. The molecule has 5 heteroatoms.